The number of H-pyrrole nitrogens is 2. The number of hydrogen-bond donors (Lipinski definition) is 4. The van der Waals surface area contributed by atoms with Crippen LogP contribution in [0, 0.1) is 6.92 Å². The van der Waals surface area contributed by atoms with Crippen LogP contribution in [0.1, 0.15) is 111 Å². The van der Waals surface area contributed by atoms with Gasteiger partial charge < -0.3 is 44.3 Å². The molecule has 0 saturated carbocycles. The minimum absolute atomic E-state index is 0.149. The van der Waals surface area contributed by atoms with Crippen LogP contribution in [0.15, 0.2) is 59.3 Å². The zero-order valence-corrected chi connectivity index (χ0v) is 38.4. The van der Waals surface area contributed by atoms with Crippen LogP contribution in [0.4, 0.5) is 9.59 Å². The topological polar surface area (TPSA) is 188 Å². The molecular weight excluding hydrogens is 789 g/mol. The van der Waals surface area contributed by atoms with Gasteiger partial charge in [-0.05, 0) is 75.3 Å². The SMILES string of the molecule is CC.CCC.CCC.COC(=O)NCC(=O)N1CCCC1(C)c1ncc(-c2ccc(-c3ccc(-c4cnc(C5(C)CCCN5C(=O)CNC(=O)OC)[nH]4)c4oc(C)cc34)cc2)[nH]1. The van der Waals surface area contributed by atoms with Crippen LogP contribution in [0.25, 0.3) is 44.6 Å². The number of furan rings is 1. The molecule has 2 fully saturated rings. The quantitative estimate of drug-likeness (QED) is 0.112. The van der Waals surface area contributed by atoms with Crippen molar-refractivity contribution in [3.63, 3.8) is 0 Å². The fraction of sp³-hybridized carbons (Fsp3) is 0.489. The Morgan fingerprint density at radius 1 is 0.710 bits per heavy atom. The molecular formula is C47H66N8O7. The van der Waals surface area contributed by atoms with Crippen molar-refractivity contribution in [2.24, 2.45) is 0 Å². The molecule has 2 atom stereocenters. The number of hydrogen-bond acceptors (Lipinski definition) is 9. The molecule has 2 aromatic carbocycles. The number of rotatable bonds is 9. The van der Waals surface area contributed by atoms with Crippen LogP contribution < -0.4 is 10.6 Å². The maximum Gasteiger partial charge on any atom is 0.407 e. The summed E-state index contributed by atoms with van der Waals surface area (Å²) < 4.78 is 15.5. The molecule has 0 radical (unpaired) electrons. The lowest BCUT2D eigenvalue weighted by Crippen LogP contribution is -2.47. The Hall–Kier alpha value is -6.12. The molecule has 4 amide bonds. The van der Waals surface area contributed by atoms with Gasteiger partial charge in [-0.1, -0.05) is 84.7 Å². The van der Waals surface area contributed by atoms with E-state index in [0.717, 1.165) is 76.1 Å². The van der Waals surface area contributed by atoms with Gasteiger partial charge in [-0.15, -0.1) is 0 Å². The number of carbonyl (C=O) groups excluding carboxylic acids is 4. The Morgan fingerprint density at radius 2 is 1.15 bits per heavy atom. The average molecular weight is 855 g/mol. The van der Waals surface area contributed by atoms with Crippen molar-refractivity contribution >= 4 is 35.0 Å². The molecule has 3 aromatic heterocycles. The standard InChI is InChI=1S/C39H44N8O7.2C3H8.C2H6/c1-23-18-28-26(12-13-27(33(28)54-23)30-20-41-35(45-30)39(3)15-7-17-47(39)32(49)22-43-37(51)53-5)24-8-10-25(11-9-24)29-19-40-34(44-29)38(2)14-6-16-46(38)31(48)21-42-36(50)52-4;2*1-3-2;1-2/h8-13,18-20H,6-7,14-17,21-22H2,1-5H3,(H,40,44)(H,41,45)(H,42,50)(H,43,51);2*3H2,1-2H3;1-2H3. The van der Waals surface area contributed by atoms with Gasteiger partial charge >= 0.3 is 12.2 Å². The summed E-state index contributed by atoms with van der Waals surface area (Å²) in [5.41, 5.74) is 4.82. The van der Waals surface area contributed by atoms with Crippen molar-refractivity contribution in [2.45, 2.75) is 112 Å². The van der Waals surface area contributed by atoms with E-state index in [1.165, 1.54) is 27.1 Å². The van der Waals surface area contributed by atoms with Crippen LogP contribution in [-0.2, 0) is 30.1 Å². The number of aromatic nitrogens is 4. The molecule has 0 spiro atoms. The Balaban J connectivity index is 0.000000986. The van der Waals surface area contributed by atoms with Gasteiger partial charge in [0, 0.05) is 24.0 Å². The Kier molecular flexibility index (Phi) is 17.3. The third-order valence-corrected chi connectivity index (χ3v) is 10.8. The maximum absolute atomic E-state index is 13.1. The van der Waals surface area contributed by atoms with Crippen LogP contribution in [-0.4, -0.2) is 94.1 Å². The van der Waals surface area contributed by atoms with Gasteiger partial charge in [-0.3, -0.25) is 9.59 Å². The molecule has 5 aromatic rings. The number of imidazole rings is 2. The second kappa shape index (κ2) is 22.1. The van der Waals surface area contributed by atoms with Crippen LogP contribution in [0.5, 0.6) is 0 Å². The first-order chi connectivity index (χ1) is 29.8. The summed E-state index contributed by atoms with van der Waals surface area (Å²) in [6.45, 7) is 19.2. The Bertz CT molecular complexity index is 2260. The third kappa shape index (κ3) is 10.7. The molecule has 2 aliphatic heterocycles. The van der Waals surface area contributed by atoms with E-state index in [-0.39, 0.29) is 24.9 Å². The van der Waals surface area contributed by atoms with Gasteiger partial charge in [0.1, 0.15) is 36.1 Å². The Labute approximate surface area is 365 Å². The second-order valence-corrected chi connectivity index (χ2v) is 15.6. The van der Waals surface area contributed by atoms with Gasteiger partial charge in [0.05, 0.1) is 49.1 Å². The number of ether oxygens (including phenoxy) is 2. The molecule has 336 valence electrons. The number of alkyl carbamates (subject to hydrolysis) is 2. The van der Waals surface area contributed by atoms with E-state index in [2.05, 4.69) is 76.0 Å². The molecule has 2 unspecified atom stereocenters. The summed E-state index contributed by atoms with van der Waals surface area (Å²) in [5, 5.41) is 5.92. The van der Waals surface area contributed by atoms with Gasteiger partial charge in [0.2, 0.25) is 11.8 Å². The summed E-state index contributed by atoms with van der Waals surface area (Å²) in [4.78, 5) is 69.1. The normalized spacial score (nSPS) is 17.8. The maximum atomic E-state index is 13.1. The van der Waals surface area contributed by atoms with E-state index in [4.69, 9.17) is 14.4 Å². The first-order valence-electron chi connectivity index (χ1n) is 21.8. The smallest absolute Gasteiger partial charge is 0.407 e. The fourth-order valence-corrected chi connectivity index (χ4v) is 7.86. The van der Waals surface area contributed by atoms with Gasteiger partial charge in [0.15, 0.2) is 0 Å². The average Bonchev–Trinajstić information content (AvgIpc) is 4.14. The highest BCUT2D eigenvalue weighted by atomic mass is 16.5. The molecule has 5 heterocycles. The van der Waals surface area contributed by atoms with Crippen LogP contribution in [0.2, 0.25) is 0 Å². The summed E-state index contributed by atoms with van der Waals surface area (Å²) in [6.07, 6.45) is 7.86. The van der Waals surface area contributed by atoms with Gasteiger partial charge in [-0.2, -0.15) is 0 Å². The highest BCUT2D eigenvalue weighted by Gasteiger charge is 2.44. The lowest BCUT2D eigenvalue weighted by atomic mass is 9.96. The zero-order valence-electron chi connectivity index (χ0n) is 38.4. The molecule has 0 aliphatic carbocycles. The van der Waals surface area contributed by atoms with Crippen molar-refractivity contribution in [2.75, 3.05) is 40.4 Å². The van der Waals surface area contributed by atoms with E-state index < -0.39 is 23.3 Å². The van der Waals surface area contributed by atoms with E-state index in [0.29, 0.717) is 24.7 Å². The summed E-state index contributed by atoms with van der Waals surface area (Å²) >= 11 is 0. The van der Waals surface area contributed by atoms with Crippen LogP contribution in [0.3, 0.4) is 0 Å². The Morgan fingerprint density at radius 3 is 1.63 bits per heavy atom. The molecule has 7 rings (SSSR count). The predicted molar refractivity (Wildman–Crippen MR) is 242 cm³/mol. The number of carbonyl (C=O) groups is 4. The summed E-state index contributed by atoms with van der Waals surface area (Å²) in [6, 6.07) is 14.3. The van der Waals surface area contributed by atoms with Crippen molar-refractivity contribution in [3.05, 3.63) is 72.3 Å². The third-order valence-electron chi connectivity index (χ3n) is 10.8. The molecule has 15 nitrogen and oxygen atoms in total. The largest absolute Gasteiger partial charge is 0.461 e. The summed E-state index contributed by atoms with van der Waals surface area (Å²) in [7, 11) is 2.52. The highest BCUT2D eigenvalue weighted by Crippen LogP contribution is 2.42. The molecule has 0 bridgehead atoms. The fourth-order valence-electron chi connectivity index (χ4n) is 7.86. The monoisotopic (exact) mass is 855 g/mol. The molecule has 62 heavy (non-hydrogen) atoms. The first-order valence-corrected chi connectivity index (χ1v) is 21.8. The van der Waals surface area contributed by atoms with Gasteiger partial charge in [-0.25, -0.2) is 19.6 Å². The number of fused-ring (bicyclic) bond motifs is 1. The number of aromatic amines is 2. The van der Waals surface area contributed by atoms with Crippen molar-refractivity contribution in [1.29, 1.82) is 0 Å². The lowest BCUT2D eigenvalue weighted by Gasteiger charge is -2.33. The van der Waals surface area contributed by atoms with E-state index in [1.54, 1.807) is 22.2 Å². The number of methoxy groups -OCH3 is 2. The molecule has 4 N–H and O–H groups in total. The van der Waals surface area contributed by atoms with E-state index in [9.17, 15) is 19.2 Å². The van der Waals surface area contributed by atoms with Crippen molar-refractivity contribution in [3.8, 4) is 33.6 Å². The number of benzene rings is 2. The van der Waals surface area contributed by atoms with Crippen molar-refractivity contribution in [1.82, 2.24) is 40.4 Å². The van der Waals surface area contributed by atoms with Crippen molar-refractivity contribution < 1.29 is 33.1 Å². The number of likely N-dealkylation sites (tertiary alicyclic amines) is 2. The molecule has 15 heteroatoms. The predicted octanol–water partition coefficient (Wildman–Crippen LogP) is 9.43. The zero-order chi connectivity index (χ0) is 45.6. The summed E-state index contributed by atoms with van der Waals surface area (Å²) in [5.74, 6) is 1.72. The number of nitrogens with one attached hydrogen (secondary N) is 4. The van der Waals surface area contributed by atoms with Gasteiger partial charge in [0.25, 0.3) is 0 Å². The number of aryl methyl sites for hydroxylation is 1. The second-order valence-electron chi connectivity index (χ2n) is 15.6. The highest BCUT2D eigenvalue weighted by molar-refractivity contribution is 6.02. The number of nitrogens with zero attached hydrogens (tertiary/aromatic N) is 4. The number of amides is 4. The van der Waals surface area contributed by atoms with E-state index in [1.807, 2.05) is 58.9 Å². The molecule has 2 saturated heterocycles. The first kappa shape index (κ1) is 48.5. The molecule has 2 aliphatic rings. The minimum Gasteiger partial charge on any atom is -0.461 e. The minimum atomic E-state index is -0.669. The lowest BCUT2D eigenvalue weighted by molar-refractivity contribution is -0.135. The van der Waals surface area contributed by atoms with E-state index >= 15 is 0 Å². The van der Waals surface area contributed by atoms with Crippen LogP contribution >= 0.6 is 0 Å².